The van der Waals surface area contributed by atoms with Crippen molar-refractivity contribution in [1.82, 2.24) is 0 Å². The number of aliphatic hydroxyl groups is 1. The average Bonchev–Trinajstić information content (AvgIpc) is 2.38. The molecule has 3 heteroatoms. The minimum absolute atomic E-state index is 0.399. The Kier molecular flexibility index (Phi) is 14.8. The zero-order valence-electron chi connectivity index (χ0n) is 12.3. The fourth-order valence-corrected chi connectivity index (χ4v) is 1.72. The van der Waals surface area contributed by atoms with E-state index in [1.807, 2.05) is 0 Å². The van der Waals surface area contributed by atoms with Crippen molar-refractivity contribution in [1.29, 1.82) is 0 Å². The van der Waals surface area contributed by atoms with Crippen LogP contribution in [0.3, 0.4) is 0 Å². The lowest BCUT2D eigenvalue weighted by molar-refractivity contribution is -0.0199. The van der Waals surface area contributed by atoms with Gasteiger partial charge in [-0.25, -0.2) is 0 Å². The highest BCUT2D eigenvalue weighted by molar-refractivity contribution is 4.52. The molecule has 0 aromatic carbocycles. The minimum Gasteiger partial charge on any atom is -0.388 e. The molecule has 0 amide bonds. The molecular weight excluding hydrogens is 228 g/mol. The van der Waals surface area contributed by atoms with Crippen LogP contribution in [-0.2, 0) is 9.47 Å². The summed E-state index contributed by atoms with van der Waals surface area (Å²) in [5.41, 5.74) is 0. The van der Waals surface area contributed by atoms with Crippen molar-refractivity contribution in [3.05, 3.63) is 0 Å². The fourth-order valence-electron chi connectivity index (χ4n) is 1.72. The molecule has 1 N–H and O–H groups in total. The van der Waals surface area contributed by atoms with E-state index in [9.17, 15) is 5.11 Å². The van der Waals surface area contributed by atoms with Gasteiger partial charge in [-0.3, -0.25) is 0 Å². The van der Waals surface area contributed by atoms with Crippen LogP contribution in [0.2, 0.25) is 0 Å². The van der Waals surface area contributed by atoms with Gasteiger partial charge in [0.15, 0.2) is 0 Å². The Bertz CT molecular complexity index is 151. The van der Waals surface area contributed by atoms with Gasteiger partial charge in [0.2, 0.25) is 0 Å². The second-order valence-electron chi connectivity index (χ2n) is 4.92. The summed E-state index contributed by atoms with van der Waals surface area (Å²) in [6.07, 6.45) is 9.34. The lowest BCUT2D eigenvalue weighted by Gasteiger charge is -2.11. The topological polar surface area (TPSA) is 38.7 Å². The normalized spacial score (nSPS) is 12.8. The largest absolute Gasteiger partial charge is 0.388 e. The summed E-state index contributed by atoms with van der Waals surface area (Å²) in [7, 11) is 0. The van der Waals surface area contributed by atoms with Crippen molar-refractivity contribution in [2.75, 3.05) is 26.4 Å². The molecule has 18 heavy (non-hydrogen) atoms. The van der Waals surface area contributed by atoms with Crippen LogP contribution in [0.5, 0.6) is 0 Å². The number of ether oxygens (including phenoxy) is 2. The van der Waals surface area contributed by atoms with Crippen molar-refractivity contribution in [2.45, 2.75) is 71.3 Å². The molecule has 3 nitrogen and oxygen atoms in total. The molecule has 0 radical (unpaired) electrons. The van der Waals surface area contributed by atoms with E-state index in [0.717, 1.165) is 32.5 Å². The Morgan fingerprint density at radius 3 is 1.83 bits per heavy atom. The van der Waals surface area contributed by atoms with Crippen LogP contribution in [0, 0.1) is 0 Å². The van der Waals surface area contributed by atoms with Gasteiger partial charge in [0.1, 0.15) is 6.10 Å². The third-order valence-corrected chi connectivity index (χ3v) is 2.90. The first-order valence-corrected chi connectivity index (χ1v) is 7.64. The lowest BCUT2D eigenvalue weighted by Crippen LogP contribution is -2.22. The predicted molar refractivity (Wildman–Crippen MR) is 75.9 cm³/mol. The van der Waals surface area contributed by atoms with E-state index >= 15 is 0 Å². The predicted octanol–water partition coefficient (Wildman–Crippen LogP) is 3.54. The maximum absolute atomic E-state index is 9.57. The molecule has 0 bridgehead atoms. The second kappa shape index (κ2) is 14.9. The Morgan fingerprint density at radius 2 is 1.22 bits per heavy atom. The molecule has 0 aliphatic rings. The summed E-state index contributed by atoms with van der Waals surface area (Å²) in [4.78, 5) is 0. The first kappa shape index (κ1) is 17.9. The SMILES string of the molecule is CCCCCCCCOCC(O)COCCCC. The Hall–Kier alpha value is -0.120. The van der Waals surface area contributed by atoms with Gasteiger partial charge in [-0.2, -0.15) is 0 Å². The van der Waals surface area contributed by atoms with E-state index in [1.165, 1.54) is 32.1 Å². The van der Waals surface area contributed by atoms with Crippen molar-refractivity contribution in [3.8, 4) is 0 Å². The van der Waals surface area contributed by atoms with E-state index in [0.29, 0.717) is 13.2 Å². The van der Waals surface area contributed by atoms with E-state index in [2.05, 4.69) is 13.8 Å². The molecule has 110 valence electrons. The number of aliphatic hydroxyl groups excluding tert-OH is 1. The Morgan fingerprint density at radius 1 is 0.722 bits per heavy atom. The molecule has 0 aromatic heterocycles. The molecule has 0 heterocycles. The molecule has 0 aliphatic heterocycles. The quantitative estimate of drug-likeness (QED) is 0.485. The zero-order valence-corrected chi connectivity index (χ0v) is 12.3. The molecule has 0 rings (SSSR count). The molecule has 0 aliphatic carbocycles. The maximum Gasteiger partial charge on any atom is 0.101 e. The van der Waals surface area contributed by atoms with Gasteiger partial charge in [0.25, 0.3) is 0 Å². The van der Waals surface area contributed by atoms with Gasteiger partial charge in [-0.1, -0.05) is 52.4 Å². The second-order valence-corrected chi connectivity index (χ2v) is 4.92. The molecular formula is C15H32O3. The standard InChI is InChI=1S/C15H32O3/c1-3-5-7-8-9-10-12-18-14-15(16)13-17-11-6-4-2/h15-16H,3-14H2,1-2H3. The summed E-state index contributed by atoms with van der Waals surface area (Å²) in [5, 5.41) is 9.57. The van der Waals surface area contributed by atoms with Crippen molar-refractivity contribution >= 4 is 0 Å². The van der Waals surface area contributed by atoms with Crippen molar-refractivity contribution < 1.29 is 14.6 Å². The maximum atomic E-state index is 9.57. The van der Waals surface area contributed by atoms with Gasteiger partial charge < -0.3 is 14.6 Å². The van der Waals surface area contributed by atoms with Crippen LogP contribution in [0.15, 0.2) is 0 Å². The van der Waals surface area contributed by atoms with Crippen LogP contribution in [0.1, 0.15) is 65.2 Å². The minimum atomic E-state index is -0.470. The molecule has 1 unspecified atom stereocenters. The summed E-state index contributed by atoms with van der Waals surface area (Å²) in [5.74, 6) is 0. The zero-order chi connectivity index (χ0) is 13.5. The van der Waals surface area contributed by atoms with E-state index < -0.39 is 6.10 Å². The molecule has 0 saturated heterocycles. The number of unbranched alkanes of at least 4 members (excludes halogenated alkanes) is 6. The third kappa shape index (κ3) is 13.9. The summed E-state index contributed by atoms with van der Waals surface area (Å²) >= 11 is 0. The molecule has 0 spiro atoms. The van der Waals surface area contributed by atoms with Crippen LogP contribution in [0.4, 0.5) is 0 Å². The molecule has 0 fully saturated rings. The summed E-state index contributed by atoms with van der Waals surface area (Å²) < 4.78 is 10.8. The van der Waals surface area contributed by atoms with E-state index in [1.54, 1.807) is 0 Å². The first-order chi connectivity index (χ1) is 8.81. The van der Waals surface area contributed by atoms with Gasteiger partial charge in [0.05, 0.1) is 13.2 Å². The van der Waals surface area contributed by atoms with Crippen molar-refractivity contribution in [2.24, 2.45) is 0 Å². The van der Waals surface area contributed by atoms with Gasteiger partial charge in [0, 0.05) is 13.2 Å². The monoisotopic (exact) mass is 260 g/mol. The fraction of sp³-hybridized carbons (Fsp3) is 1.00. The lowest BCUT2D eigenvalue weighted by atomic mass is 10.1. The molecule has 0 aromatic rings. The average molecular weight is 260 g/mol. The van der Waals surface area contributed by atoms with Gasteiger partial charge in [-0.05, 0) is 12.8 Å². The Labute approximate surface area is 113 Å². The highest BCUT2D eigenvalue weighted by atomic mass is 16.5. The highest BCUT2D eigenvalue weighted by Gasteiger charge is 2.03. The van der Waals surface area contributed by atoms with Crippen LogP contribution in [-0.4, -0.2) is 37.6 Å². The Balaban J connectivity index is 3.08. The smallest absolute Gasteiger partial charge is 0.101 e. The van der Waals surface area contributed by atoms with E-state index in [-0.39, 0.29) is 0 Å². The van der Waals surface area contributed by atoms with E-state index in [4.69, 9.17) is 9.47 Å². The molecule has 0 saturated carbocycles. The van der Waals surface area contributed by atoms with Crippen LogP contribution in [0.25, 0.3) is 0 Å². The summed E-state index contributed by atoms with van der Waals surface area (Å²) in [6, 6.07) is 0. The van der Waals surface area contributed by atoms with Crippen LogP contribution >= 0.6 is 0 Å². The number of hydrogen-bond acceptors (Lipinski definition) is 3. The third-order valence-electron chi connectivity index (χ3n) is 2.90. The summed E-state index contributed by atoms with van der Waals surface area (Å²) in [6.45, 7) is 6.66. The molecule has 1 atom stereocenters. The van der Waals surface area contributed by atoms with Crippen LogP contribution < -0.4 is 0 Å². The van der Waals surface area contributed by atoms with Gasteiger partial charge in [-0.15, -0.1) is 0 Å². The highest BCUT2D eigenvalue weighted by Crippen LogP contribution is 2.05. The van der Waals surface area contributed by atoms with Gasteiger partial charge >= 0.3 is 0 Å². The number of rotatable bonds is 14. The van der Waals surface area contributed by atoms with Crippen molar-refractivity contribution in [3.63, 3.8) is 0 Å². The first-order valence-electron chi connectivity index (χ1n) is 7.64. The number of hydrogen-bond donors (Lipinski definition) is 1.